The molecule has 3 rings (SSSR count). The number of amides is 1. The standard InChI is InChI=1S/C19H24N2O2/c1-19(2,3)23-18(22)21-11-8-14(9-12-21)16-6-4-5-15-13-20-10-7-17(15)16/h4-7,10,13-14H,8-9,11-12H2,1-3H3. The largest absolute Gasteiger partial charge is 0.444 e. The van der Waals surface area contributed by atoms with Crippen LogP contribution in [-0.4, -0.2) is 34.7 Å². The Morgan fingerprint density at radius 1 is 1.22 bits per heavy atom. The molecular formula is C19H24N2O2. The van der Waals surface area contributed by atoms with Crippen molar-refractivity contribution in [3.8, 4) is 0 Å². The molecule has 1 aromatic carbocycles. The van der Waals surface area contributed by atoms with E-state index in [0.29, 0.717) is 5.92 Å². The number of hydrogen-bond donors (Lipinski definition) is 0. The summed E-state index contributed by atoms with van der Waals surface area (Å²) in [5.74, 6) is 0.486. The highest BCUT2D eigenvalue weighted by Crippen LogP contribution is 2.33. The number of carbonyl (C=O) groups excluding carboxylic acids is 1. The number of hydrogen-bond acceptors (Lipinski definition) is 3. The minimum atomic E-state index is -0.434. The Kier molecular flexibility index (Phi) is 4.24. The number of carbonyl (C=O) groups is 1. The van der Waals surface area contributed by atoms with Crippen LogP contribution in [0.5, 0.6) is 0 Å². The lowest BCUT2D eigenvalue weighted by atomic mass is 9.87. The molecule has 1 aliphatic rings. The van der Waals surface area contributed by atoms with E-state index in [4.69, 9.17) is 4.74 Å². The van der Waals surface area contributed by atoms with Crippen molar-refractivity contribution < 1.29 is 9.53 Å². The van der Waals surface area contributed by atoms with Crippen molar-refractivity contribution in [2.45, 2.75) is 45.1 Å². The number of fused-ring (bicyclic) bond motifs is 1. The summed E-state index contributed by atoms with van der Waals surface area (Å²) in [5.41, 5.74) is 0.935. The predicted molar refractivity (Wildman–Crippen MR) is 91.5 cm³/mol. The van der Waals surface area contributed by atoms with Gasteiger partial charge in [-0.3, -0.25) is 4.98 Å². The van der Waals surface area contributed by atoms with Crippen LogP contribution in [0.4, 0.5) is 4.79 Å². The topological polar surface area (TPSA) is 42.4 Å². The number of aromatic nitrogens is 1. The van der Waals surface area contributed by atoms with Crippen LogP contribution in [0.25, 0.3) is 10.8 Å². The SMILES string of the molecule is CC(C)(C)OC(=O)N1CCC(c2cccc3cnccc23)CC1. The number of rotatable bonds is 1. The van der Waals surface area contributed by atoms with Crippen LogP contribution >= 0.6 is 0 Å². The predicted octanol–water partition coefficient (Wildman–Crippen LogP) is 4.35. The maximum atomic E-state index is 12.2. The molecule has 2 aromatic rings. The van der Waals surface area contributed by atoms with Crippen LogP contribution in [0.2, 0.25) is 0 Å². The van der Waals surface area contributed by atoms with Gasteiger partial charge in [0, 0.05) is 30.9 Å². The zero-order valence-corrected chi connectivity index (χ0v) is 14.1. The molecule has 1 aliphatic heterocycles. The Labute approximate surface area is 137 Å². The molecule has 0 unspecified atom stereocenters. The number of nitrogens with zero attached hydrogens (tertiary/aromatic N) is 2. The molecule has 0 atom stereocenters. The zero-order chi connectivity index (χ0) is 16.4. The fourth-order valence-corrected chi connectivity index (χ4v) is 3.20. The van der Waals surface area contributed by atoms with Crippen molar-refractivity contribution in [3.63, 3.8) is 0 Å². The lowest BCUT2D eigenvalue weighted by Gasteiger charge is -2.34. The summed E-state index contributed by atoms with van der Waals surface area (Å²) >= 11 is 0. The van der Waals surface area contributed by atoms with Crippen LogP contribution < -0.4 is 0 Å². The van der Waals surface area contributed by atoms with E-state index in [2.05, 4.69) is 29.2 Å². The van der Waals surface area contributed by atoms with Crippen molar-refractivity contribution in [1.29, 1.82) is 0 Å². The zero-order valence-electron chi connectivity index (χ0n) is 14.1. The highest BCUT2D eigenvalue weighted by atomic mass is 16.6. The fraction of sp³-hybridized carbons (Fsp3) is 0.474. The molecule has 1 amide bonds. The van der Waals surface area contributed by atoms with Crippen molar-refractivity contribution in [3.05, 3.63) is 42.2 Å². The van der Waals surface area contributed by atoms with Gasteiger partial charge < -0.3 is 9.64 Å². The molecule has 122 valence electrons. The molecule has 4 heteroatoms. The van der Waals surface area contributed by atoms with Gasteiger partial charge in [-0.15, -0.1) is 0 Å². The van der Waals surface area contributed by atoms with Crippen LogP contribution in [0, 0.1) is 0 Å². The Morgan fingerprint density at radius 3 is 2.65 bits per heavy atom. The lowest BCUT2D eigenvalue weighted by molar-refractivity contribution is 0.0205. The van der Waals surface area contributed by atoms with E-state index in [1.807, 2.05) is 38.1 Å². The molecule has 4 nitrogen and oxygen atoms in total. The van der Waals surface area contributed by atoms with E-state index in [1.165, 1.54) is 16.3 Å². The average molecular weight is 312 g/mol. The Balaban J connectivity index is 1.70. The van der Waals surface area contributed by atoms with Crippen molar-refractivity contribution >= 4 is 16.9 Å². The molecular weight excluding hydrogens is 288 g/mol. The summed E-state index contributed by atoms with van der Waals surface area (Å²) in [6.07, 6.45) is 5.51. The highest BCUT2D eigenvalue weighted by Gasteiger charge is 2.27. The van der Waals surface area contributed by atoms with E-state index in [-0.39, 0.29) is 6.09 Å². The molecule has 0 aliphatic carbocycles. The molecule has 0 N–H and O–H groups in total. The van der Waals surface area contributed by atoms with E-state index in [9.17, 15) is 4.79 Å². The van der Waals surface area contributed by atoms with E-state index in [1.54, 1.807) is 0 Å². The van der Waals surface area contributed by atoms with E-state index in [0.717, 1.165) is 25.9 Å². The maximum Gasteiger partial charge on any atom is 0.410 e. The van der Waals surface area contributed by atoms with Gasteiger partial charge in [-0.25, -0.2) is 4.79 Å². The van der Waals surface area contributed by atoms with Crippen LogP contribution in [-0.2, 0) is 4.74 Å². The molecule has 1 aromatic heterocycles. The third kappa shape index (κ3) is 3.63. The third-order valence-corrected chi connectivity index (χ3v) is 4.30. The lowest BCUT2D eigenvalue weighted by Crippen LogP contribution is -2.41. The summed E-state index contributed by atoms with van der Waals surface area (Å²) in [4.78, 5) is 18.2. The molecule has 0 saturated carbocycles. The second kappa shape index (κ2) is 6.19. The van der Waals surface area contributed by atoms with Gasteiger partial charge in [-0.05, 0) is 56.5 Å². The molecule has 1 saturated heterocycles. The van der Waals surface area contributed by atoms with Gasteiger partial charge in [0.05, 0.1) is 0 Å². The molecule has 1 fully saturated rings. The summed E-state index contributed by atoms with van der Waals surface area (Å²) < 4.78 is 5.47. The van der Waals surface area contributed by atoms with E-state index < -0.39 is 5.60 Å². The molecule has 0 bridgehead atoms. The molecule has 2 heterocycles. The number of pyridine rings is 1. The van der Waals surface area contributed by atoms with Gasteiger partial charge in [0.25, 0.3) is 0 Å². The summed E-state index contributed by atoms with van der Waals surface area (Å²) in [7, 11) is 0. The number of benzene rings is 1. The maximum absolute atomic E-state index is 12.2. The first-order valence-electron chi connectivity index (χ1n) is 8.24. The summed E-state index contributed by atoms with van der Waals surface area (Å²) in [6.45, 7) is 7.22. The number of piperidine rings is 1. The van der Waals surface area contributed by atoms with Crippen LogP contribution in [0.3, 0.4) is 0 Å². The minimum Gasteiger partial charge on any atom is -0.444 e. The van der Waals surface area contributed by atoms with Crippen molar-refractivity contribution in [2.75, 3.05) is 13.1 Å². The normalized spacial score (nSPS) is 16.6. The molecule has 23 heavy (non-hydrogen) atoms. The van der Waals surface area contributed by atoms with Gasteiger partial charge in [0.2, 0.25) is 0 Å². The molecule has 0 radical (unpaired) electrons. The van der Waals surface area contributed by atoms with Gasteiger partial charge in [-0.2, -0.15) is 0 Å². The monoisotopic (exact) mass is 312 g/mol. The third-order valence-electron chi connectivity index (χ3n) is 4.30. The summed E-state index contributed by atoms with van der Waals surface area (Å²) in [6, 6.07) is 8.49. The smallest absolute Gasteiger partial charge is 0.410 e. The van der Waals surface area contributed by atoms with Crippen molar-refractivity contribution in [1.82, 2.24) is 9.88 Å². The number of likely N-dealkylation sites (tertiary alicyclic amines) is 1. The Hall–Kier alpha value is -2.10. The average Bonchev–Trinajstić information content (AvgIpc) is 2.53. The van der Waals surface area contributed by atoms with Gasteiger partial charge >= 0.3 is 6.09 Å². The van der Waals surface area contributed by atoms with E-state index >= 15 is 0 Å². The Morgan fingerprint density at radius 2 is 1.96 bits per heavy atom. The quantitative estimate of drug-likeness (QED) is 0.786. The fourth-order valence-electron chi connectivity index (χ4n) is 3.20. The summed E-state index contributed by atoms with van der Waals surface area (Å²) in [5, 5.41) is 2.46. The van der Waals surface area contributed by atoms with Gasteiger partial charge in [-0.1, -0.05) is 18.2 Å². The van der Waals surface area contributed by atoms with Crippen LogP contribution in [0.15, 0.2) is 36.7 Å². The van der Waals surface area contributed by atoms with Gasteiger partial charge in [0.15, 0.2) is 0 Å². The highest BCUT2D eigenvalue weighted by molar-refractivity contribution is 5.85. The first-order valence-corrected chi connectivity index (χ1v) is 8.24. The first-order chi connectivity index (χ1) is 10.9. The molecule has 0 spiro atoms. The number of ether oxygens (including phenoxy) is 1. The van der Waals surface area contributed by atoms with Crippen LogP contribution in [0.1, 0.15) is 45.1 Å². The first kappa shape index (κ1) is 15.8. The second-order valence-corrected chi connectivity index (χ2v) is 7.19. The second-order valence-electron chi connectivity index (χ2n) is 7.19. The minimum absolute atomic E-state index is 0.196. The van der Waals surface area contributed by atoms with Gasteiger partial charge in [0.1, 0.15) is 5.60 Å². The Bertz CT molecular complexity index is 693. The van der Waals surface area contributed by atoms with Crippen molar-refractivity contribution in [2.24, 2.45) is 0 Å².